The van der Waals surface area contributed by atoms with E-state index in [1.165, 1.54) is 0 Å². The molecule has 2 aromatic rings. The van der Waals surface area contributed by atoms with Gasteiger partial charge >= 0.3 is 6.09 Å². The molecule has 202 valence electrons. The topological polar surface area (TPSA) is 97.0 Å². The molecule has 0 bridgehead atoms. The second kappa shape index (κ2) is 13.1. The molecule has 0 heterocycles. The number of anilines is 1. The number of amides is 3. The predicted molar refractivity (Wildman–Crippen MR) is 146 cm³/mol. The Kier molecular flexibility index (Phi) is 10.5. The third-order valence-electron chi connectivity index (χ3n) is 6.00. The molecule has 0 aliphatic heterocycles. The number of rotatable bonds is 10. The predicted octanol–water partition coefficient (Wildman–Crippen LogP) is 5.53. The highest BCUT2D eigenvalue weighted by Crippen LogP contribution is 2.29. The van der Waals surface area contributed by atoms with Gasteiger partial charge in [-0.2, -0.15) is 0 Å². The van der Waals surface area contributed by atoms with E-state index in [4.69, 9.17) is 9.47 Å². The van der Waals surface area contributed by atoms with Gasteiger partial charge in [0.1, 0.15) is 23.4 Å². The number of nitrogens with one attached hydrogen (secondary N) is 2. The maximum atomic E-state index is 13.8. The Hall–Kier alpha value is -3.55. The number of alkyl carbamates (subject to hydrolysis) is 1. The first-order valence-corrected chi connectivity index (χ1v) is 12.7. The van der Waals surface area contributed by atoms with Crippen molar-refractivity contribution in [3.63, 3.8) is 0 Å². The van der Waals surface area contributed by atoms with Crippen LogP contribution >= 0.6 is 0 Å². The van der Waals surface area contributed by atoms with Crippen molar-refractivity contribution >= 4 is 23.6 Å². The molecule has 0 fully saturated rings. The summed E-state index contributed by atoms with van der Waals surface area (Å²) in [4.78, 5) is 41.5. The Labute approximate surface area is 220 Å². The van der Waals surface area contributed by atoms with Gasteiger partial charge in [-0.05, 0) is 88.9 Å². The van der Waals surface area contributed by atoms with Gasteiger partial charge in [-0.15, -0.1) is 0 Å². The van der Waals surface area contributed by atoms with Crippen LogP contribution in [0.5, 0.6) is 5.75 Å². The van der Waals surface area contributed by atoms with E-state index in [1.807, 2.05) is 39.0 Å². The molecule has 0 aromatic heterocycles. The van der Waals surface area contributed by atoms with Crippen LogP contribution in [0.25, 0.3) is 0 Å². The largest absolute Gasteiger partial charge is 0.497 e. The molecule has 2 rings (SSSR count). The molecule has 8 heteroatoms. The molecule has 0 aliphatic rings. The van der Waals surface area contributed by atoms with Crippen LogP contribution in [0.3, 0.4) is 0 Å². The van der Waals surface area contributed by atoms with Gasteiger partial charge in [0.05, 0.1) is 7.11 Å². The molecule has 0 radical (unpaired) electrons. The highest BCUT2D eigenvalue weighted by molar-refractivity contribution is 5.99. The zero-order valence-corrected chi connectivity index (χ0v) is 23.3. The monoisotopic (exact) mass is 511 g/mol. The summed E-state index contributed by atoms with van der Waals surface area (Å²) in [7, 11) is 1.58. The Morgan fingerprint density at radius 2 is 1.68 bits per heavy atom. The second-order valence-electron chi connectivity index (χ2n) is 10.2. The van der Waals surface area contributed by atoms with E-state index in [0.717, 1.165) is 23.1 Å². The Morgan fingerprint density at radius 3 is 2.24 bits per heavy atom. The standard InChI is InChI=1S/C29H41N3O5/c1-9-10-18-32(27(34)21(4)30-28(35)37-29(5,6)7)25(24-13-11-12-19(2)20(24)3)26(33)31-22-14-16-23(36-8)17-15-22/h11-17,21,25H,9-10,18H2,1-8H3,(H,30,35)(H,31,33). The number of nitrogens with zero attached hydrogens (tertiary/aromatic N) is 1. The molecule has 2 unspecified atom stereocenters. The van der Waals surface area contributed by atoms with Crippen LogP contribution in [0.4, 0.5) is 10.5 Å². The highest BCUT2D eigenvalue weighted by Gasteiger charge is 2.35. The summed E-state index contributed by atoms with van der Waals surface area (Å²) in [5.41, 5.74) is 2.57. The molecule has 2 aromatic carbocycles. The summed E-state index contributed by atoms with van der Waals surface area (Å²) in [6.07, 6.45) is 0.842. The van der Waals surface area contributed by atoms with Crippen molar-refractivity contribution in [1.82, 2.24) is 10.2 Å². The molecule has 2 N–H and O–H groups in total. The first-order valence-electron chi connectivity index (χ1n) is 12.7. The van der Waals surface area contributed by atoms with Crippen molar-refractivity contribution in [2.24, 2.45) is 0 Å². The SMILES string of the molecule is CCCCN(C(=O)C(C)NC(=O)OC(C)(C)C)C(C(=O)Nc1ccc(OC)cc1)c1cccc(C)c1C. The van der Waals surface area contributed by atoms with Crippen LogP contribution in [0, 0.1) is 13.8 Å². The molecule has 3 amide bonds. The van der Waals surface area contributed by atoms with Crippen molar-refractivity contribution in [1.29, 1.82) is 0 Å². The summed E-state index contributed by atoms with van der Waals surface area (Å²) in [6.45, 7) is 13.2. The first kappa shape index (κ1) is 29.7. The summed E-state index contributed by atoms with van der Waals surface area (Å²) < 4.78 is 10.5. The van der Waals surface area contributed by atoms with Gasteiger partial charge < -0.3 is 25.0 Å². The van der Waals surface area contributed by atoms with Gasteiger partial charge in [-0.1, -0.05) is 31.5 Å². The molecular weight excluding hydrogens is 470 g/mol. The number of aryl methyl sites for hydroxylation is 1. The number of unbranched alkanes of at least 4 members (excludes halogenated alkanes) is 1. The van der Waals surface area contributed by atoms with Crippen LogP contribution in [0.1, 0.15) is 70.2 Å². The maximum Gasteiger partial charge on any atom is 0.408 e. The van der Waals surface area contributed by atoms with E-state index < -0.39 is 23.8 Å². The number of methoxy groups -OCH3 is 1. The number of carbonyl (C=O) groups is 3. The highest BCUT2D eigenvalue weighted by atomic mass is 16.6. The minimum Gasteiger partial charge on any atom is -0.497 e. The Balaban J connectivity index is 2.46. The number of carbonyl (C=O) groups excluding carboxylic acids is 3. The third-order valence-corrected chi connectivity index (χ3v) is 6.00. The normalized spacial score (nSPS) is 12.8. The molecule has 8 nitrogen and oxygen atoms in total. The Morgan fingerprint density at radius 1 is 1.03 bits per heavy atom. The quantitative estimate of drug-likeness (QED) is 0.437. The van der Waals surface area contributed by atoms with Crippen molar-refractivity contribution in [2.75, 3.05) is 19.0 Å². The molecular formula is C29H41N3O5. The average molecular weight is 512 g/mol. The lowest BCUT2D eigenvalue weighted by molar-refractivity contribution is -0.140. The van der Waals surface area contributed by atoms with Gasteiger partial charge in [-0.3, -0.25) is 9.59 Å². The van der Waals surface area contributed by atoms with Gasteiger partial charge in [-0.25, -0.2) is 4.79 Å². The van der Waals surface area contributed by atoms with Gasteiger partial charge in [0.15, 0.2) is 0 Å². The second-order valence-corrected chi connectivity index (χ2v) is 10.2. The number of hydrogen-bond acceptors (Lipinski definition) is 5. The van der Waals surface area contributed by atoms with E-state index in [0.29, 0.717) is 24.4 Å². The van der Waals surface area contributed by atoms with E-state index in [9.17, 15) is 14.4 Å². The fourth-order valence-electron chi connectivity index (χ4n) is 3.90. The van der Waals surface area contributed by atoms with E-state index in [-0.39, 0.29) is 11.8 Å². The van der Waals surface area contributed by atoms with E-state index in [1.54, 1.807) is 64.0 Å². The summed E-state index contributed by atoms with van der Waals surface area (Å²) in [5, 5.41) is 5.59. The van der Waals surface area contributed by atoms with E-state index >= 15 is 0 Å². The molecule has 0 aliphatic carbocycles. The molecule has 37 heavy (non-hydrogen) atoms. The van der Waals surface area contributed by atoms with Crippen LogP contribution in [-0.4, -0.2) is 48.1 Å². The van der Waals surface area contributed by atoms with Gasteiger partial charge in [0.2, 0.25) is 5.91 Å². The van der Waals surface area contributed by atoms with Gasteiger partial charge in [0, 0.05) is 12.2 Å². The van der Waals surface area contributed by atoms with E-state index in [2.05, 4.69) is 10.6 Å². The zero-order valence-electron chi connectivity index (χ0n) is 23.3. The van der Waals surface area contributed by atoms with Crippen LogP contribution in [-0.2, 0) is 14.3 Å². The zero-order chi connectivity index (χ0) is 27.8. The third kappa shape index (κ3) is 8.51. The van der Waals surface area contributed by atoms with Crippen molar-refractivity contribution in [3.05, 3.63) is 59.2 Å². The summed E-state index contributed by atoms with van der Waals surface area (Å²) in [6, 6.07) is 11.0. The number of benzene rings is 2. The fraction of sp³-hybridized carbons (Fsp3) is 0.483. The Bertz CT molecular complexity index is 1080. The molecule has 0 saturated heterocycles. The van der Waals surface area contributed by atoms with Crippen molar-refractivity contribution in [2.45, 2.75) is 79.0 Å². The smallest absolute Gasteiger partial charge is 0.408 e. The van der Waals surface area contributed by atoms with Crippen LogP contribution in [0.2, 0.25) is 0 Å². The fourth-order valence-corrected chi connectivity index (χ4v) is 3.90. The first-order chi connectivity index (χ1) is 17.4. The molecule has 0 spiro atoms. The average Bonchev–Trinajstić information content (AvgIpc) is 2.82. The lowest BCUT2D eigenvalue weighted by Gasteiger charge is -2.34. The van der Waals surface area contributed by atoms with Gasteiger partial charge in [0.25, 0.3) is 5.91 Å². The number of hydrogen-bond donors (Lipinski definition) is 2. The maximum absolute atomic E-state index is 13.8. The van der Waals surface area contributed by atoms with Crippen LogP contribution < -0.4 is 15.4 Å². The lowest BCUT2D eigenvalue weighted by atomic mass is 9.95. The lowest BCUT2D eigenvalue weighted by Crippen LogP contribution is -2.51. The van der Waals surface area contributed by atoms with Crippen LogP contribution in [0.15, 0.2) is 42.5 Å². The minimum absolute atomic E-state index is 0.340. The summed E-state index contributed by atoms with van der Waals surface area (Å²) >= 11 is 0. The minimum atomic E-state index is -0.899. The summed E-state index contributed by atoms with van der Waals surface area (Å²) in [5.74, 6) is -0.0336. The molecule has 2 atom stereocenters. The molecule has 0 saturated carbocycles. The van der Waals surface area contributed by atoms with Crippen molar-refractivity contribution in [3.8, 4) is 5.75 Å². The van der Waals surface area contributed by atoms with Crippen molar-refractivity contribution < 1.29 is 23.9 Å². The number of ether oxygens (including phenoxy) is 2.